The van der Waals surface area contributed by atoms with E-state index in [1.165, 1.54) is 18.4 Å². The number of nitrogens with one attached hydrogen (secondary N) is 2. The van der Waals surface area contributed by atoms with Crippen molar-refractivity contribution in [2.75, 3.05) is 17.7 Å². The molecular formula is C15H17N3O3S. The predicted octanol–water partition coefficient (Wildman–Crippen LogP) is 3.12. The summed E-state index contributed by atoms with van der Waals surface area (Å²) < 4.78 is 4.48. The summed E-state index contributed by atoms with van der Waals surface area (Å²) in [6.45, 7) is 3.95. The summed E-state index contributed by atoms with van der Waals surface area (Å²) in [6.07, 6.45) is -0.437. The Bertz CT molecular complexity index is 697. The third kappa shape index (κ3) is 4.29. The summed E-state index contributed by atoms with van der Waals surface area (Å²) in [7, 11) is 1.28. The highest BCUT2D eigenvalue weighted by atomic mass is 32.1. The van der Waals surface area contributed by atoms with E-state index in [0.717, 1.165) is 16.8 Å². The molecule has 2 rings (SSSR count). The van der Waals surface area contributed by atoms with Gasteiger partial charge < -0.3 is 10.1 Å². The maximum atomic E-state index is 12.0. The van der Waals surface area contributed by atoms with Crippen LogP contribution in [0.1, 0.15) is 16.8 Å². The Labute approximate surface area is 132 Å². The van der Waals surface area contributed by atoms with Gasteiger partial charge in [0.25, 0.3) is 0 Å². The molecule has 2 amide bonds. The number of anilines is 2. The average molecular weight is 319 g/mol. The van der Waals surface area contributed by atoms with E-state index in [4.69, 9.17) is 0 Å². The van der Waals surface area contributed by atoms with E-state index in [0.29, 0.717) is 10.8 Å². The van der Waals surface area contributed by atoms with Crippen molar-refractivity contribution in [3.05, 3.63) is 40.4 Å². The van der Waals surface area contributed by atoms with Crippen LogP contribution in [-0.4, -0.2) is 24.1 Å². The first-order valence-corrected chi connectivity index (χ1v) is 7.52. The van der Waals surface area contributed by atoms with Gasteiger partial charge in [-0.05, 0) is 25.5 Å². The predicted molar refractivity (Wildman–Crippen MR) is 86.4 cm³/mol. The molecule has 116 valence electrons. The van der Waals surface area contributed by atoms with Gasteiger partial charge in [-0.2, -0.15) is 0 Å². The monoisotopic (exact) mass is 319 g/mol. The molecule has 0 aliphatic carbocycles. The van der Waals surface area contributed by atoms with Crippen molar-refractivity contribution in [1.82, 2.24) is 4.98 Å². The summed E-state index contributed by atoms with van der Waals surface area (Å²) in [5.41, 5.74) is 3.55. The zero-order valence-corrected chi connectivity index (χ0v) is 13.4. The molecule has 0 fully saturated rings. The SMILES string of the molecule is COC(=O)Nc1nc(CC(=O)Nc2ccc(C)cc2C)cs1. The number of amides is 2. The Morgan fingerprint density at radius 3 is 2.73 bits per heavy atom. The van der Waals surface area contributed by atoms with E-state index in [2.05, 4.69) is 20.4 Å². The fraction of sp³-hybridized carbons (Fsp3) is 0.267. The fourth-order valence-electron chi connectivity index (χ4n) is 1.90. The molecule has 1 heterocycles. The van der Waals surface area contributed by atoms with Crippen LogP contribution in [0.4, 0.5) is 15.6 Å². The molecule has 0 unspecified atom stereocenters. The molecule has 0 saturated heterocycles. The zero-order chi connectivity index (χ0) is 16.1. The van der Waals surface area contributed by atoms with Crippen LogP contribution in [0.15, 0.2) is 23.6 Å². The molecule has 1 aromatic carbocycles. The smallest absolute Gasteiger partial charge is 0.413 e. The summed E-state index contributed by atoms with van der Waals surface area (Å²) in [5.74, 6) is -0.151. The number of methoxy groups -OCH3 is 1. The molecule has 0 spiro atoms. The lowest BCUT2D eigenvalue weighted by Crippen LogP contribution is -2.15. The highest BCUT2D eigenvalue weighted by molar-refractivity contribution is 7.13. The van der Waals surface area contributed by atoms with Gasteiger partial charge in [0.1, 0.15) is 0 Å². The van der Waals surface area contributed by atoms with Gasteiger partial charge in [0, 0.05) is 11.1 Å². The molecule has 2 N–H and O–H groups in total. The number of ether oxygens (including phenoxy) is 1. The maximum absolute atomic E-state index is 12.0. The van der Waals surface area contributed by atoms with E-state index < -0.39 is 6.09 Å². The minimum absolute atomic E-state index is 0.146. The van der Waals surface area contributed by atoms with Gasteiger partial charge in [-0.1, -0.05) is 17.7 Å². The molecule has 0 atom stereocenters. The largest absolute Gasteiger partial charge is 0.453 e. The van der Waals surface area contributed by atoms with Crippen LogP contribution in [0.5, 0.6) is 0 Å². The van der Waals surface area contributed by atoms with E-state index in [1.54, 1.807) is 5.38 Å². The average Bonchev–Trinajstić information content (AvgIpc) is 2.88. The van der Waals surface area contributed by atoms with Gasteiger partial charge >= 0.3 is 6.09 Å². The summed E-state index contributed by atoms with van der Waals surface area (Å²) in [5, 5.41) is 7.46. The van der Waals surface area contributed by atoms with E-state index in [1.807, 2.05) is 32.0 Å². The Morgan fingerprint density at radius 2 is 2.05 bits per heavy atom. The topological polar surface area (TPSA) is 80.3 Å². The van der Waals surface area contributed by atoms with Crippen molar-refractivity contribution in [2.24, 2.45) is 0 Å². The molecule has 0 saturated carbocycles. The first-order chi connectivity index (χ1) is 10.5. The molecule has 0 bridgehead atoms. The highest BCUT2D eigenvalue weighted by Crippen LogP contribution is 2.18. The number of carbonyl (C=O) groups excluding carboxylic acids is 2. The summed E-state index contributed by atoms with van der Waals surface area (Å²) in [6, 6.07) is 5.84. The second kappa shape index (κ2) is 7.04. The lowest BCUT2D eigenvalue weighted by Gasteiger charge is -2.08. The number of hydrogen-bond acceptors (Lipinski definition) is 5. The van der Waals surface area contributed by atoms with Gasteiger partial charge in [-0.15, -0.1) is 11.3 Å². The highest BCUT2D eigenvalue weighted by Gasteiger charge is 2.11. The number of rotatable bonds is 4. The summed E-state index contributed by atoms with van der Waals surface area (Å²) in [4.78, 5) is 27.3. The second-order valence-electron chi connectivity index (χ2n) is 4.80. The number of benzene rings is 1. The normalized spacial score (nSPS) is 10.1. The van der Waals surface area contributed by atoms with Gasteiger partial charge in [-0.3, -0.25) is 10.1 Å². The number of aromatic nitrogens is 1. The third-order valence-corrected chi connectivity index (χ3v) is 3.75. The van der Waals surface area contributed by atoms with E-state index in [-0.39, 0.29) is 12.3 Å². The van der Waals surface area contributed by atoms with Crippen LogP contribution in [0.2, 0.25) is 0 Å². The Kier molecular flexibility index (Phi) is 5.11. The third-order valence-electron chi connectivity index (χ3n) is 2.94. The minimum atomic E-state index is -0.583. The number of thiazole rings is 1. The van der Waals surface area contributed by atoms with Crippen molar-refractivity contribution >= 4 is 34.2 Å². The lowest BCUT2D eigenvalue weighted by molar-refractivity contribution is -0.115. The van der Waals surface area contributed by atoms with Crippen LogP contribution in [-0.2, 0) is 16.0 Å². The molecule has 0 radical (unpaired) electrons. The molecule has 22 heavy (non-hydrogen) atoms. The molecule has 2 aromatic rings. The molecule has 7 heteroatoms. The zero-order valence-electron chi connectivity index (χ0n) is 12.6. The van der Waals surface area contributed by atoms with Crippen molar-refractivity contribution in [2.45, 2.75) is 20.3 Å². The van der Waals surface area contributed by atoms with E-state index >= 15 is 0 Å². The quantitative estimate of drug-likeness (QED) is 0.907. The molecular weight excluding hydrogens is 302 g/mol. The molecule has 6 nitrogen and oxygen atoms in total. The molecule has 0 aliphatic rings. The van der Waals surface area contributed by atoms with Crippen LogP contribution in [0, 0.1) is 13.8 Å². The van der Waals surface area contributed by atoms with Gasteiger partial charge in [0.15, 0.2) is 5.13 Å². The minimum Gasteiger partial charge on any atom is -0.453 e. The number of nitrogens with zero attached hydrogens (tertiary/aromatic N) is 1. The number of aryl methyl sites for hydroxylation is 2. The van der Waals surface area contributed by atoms with Gasteiger partial charge in [0.2, 0.25) is 5.91 Å². The maximum Gasteiger partial charge on any atom is 0.413 e. The van der Waals surface area contributed by atoms with Gasteiger partial charge in [0.05, 0.1) is 19.2 Å². The molecule has 1 aromatic heterocycles. The van der Waals surface area contributed by atoms with Crippen molar-refractivity contribution < 1.29 is 14.3 Å². The van der Waals surface area contributed by atoms with Crippen molar-refractivity contribution in [3.8, 4) is 0 Å². The lowest BCUT2D eigenvalue weighted by atomic mass is 10.1. The van der Waals surface area contributed by atoms with Crippen LogP contribution in [0.25, 0.3) is 0 Å². The van der Waals surface area contributed by atoms with Crippen LogP contribution >= 0.6 is 11.3 Å². The summed E-state index contributed by atoms with van der Waals surface area (Å²) >= 11 is 1.24. The fourth-order valence-corrected chi connectivity index (χ4v) is 2.59. The first kappa shape index (κ1) is 16.0. The first-order valence-electron chi connectivity index (χ1n) is 6.64. The molecule has 0 aliphatic heterocycles. The van der Waals surface area contributed by atoms with Gasteiger partial charge in [-0.25, -0.2) is 9.78 Å². The Balaban J connectivity index is 1.96. The van der Waals surface area contributed by atoms with Crippen molar-refractivity contribution in [3.63, 3.8) is 0 Å². The number of carbonyl (C=O) groups is 2. The van der Waals surface area contributed by atoms with Crippen molar-refractivity contribution in [1.29, 1.82) is 0 Å². The Morgan fingerprint density at radius 1 is 1.27 bits per heavy atom. The Hall–Kier alpha value is -2.41. The standard InChI is InChI=1S/C15H17N3O3S/c1-9-4-5-12(10(2)6-9)17-13(19)7-11-8-22-14(16-11)18-15(20)21-3/h4-6,8H,7H2,1-3H3,(H,17,19)(H,16,18,20). The number of hydrogen-bond donors (Lipinski definition) is 2. The second-order valence-corrected chi connectivity index (χ2v) is 5.66. The van der Waals surface area contributed by atoms with E-state index in [9.17, 15) is 9.59 Å². The van der Waals surface area contributed by atoms with Crippen LogP contribution in [0.3, 0.4) is 0 Å². The van der Waals surface area contributed by atoms with Crippen LogP contribution < -0.4 is 10.6 Å².